The maximum Gasteiger partial charge on any atom is 0.275 e. The minimum Gasteiger partial charge on any atom is -0.456 e. The molecule has 2 N–H and O–H groups in total. The van der Waals surface area contributed by atoms with E-state index in [0.717, 1.165) is 10.0 Å². The third-order valence-electron chi connectivity index (χ3n) is 2.44. The summed E-state index contributed by atoms with van der Waals surface area (Å²) < 4.78 is 6.38. The van der Waals surface area contributed by atoms with Gasteiger partial charge in [-0.15, -0.1) is 0 Å². The molecule has 0 heterocycles. The van der Waals surface area contributed by atoms with Gasteiger partial charge >= 0.3 is 0 Å². The van der Waals surface area contributed by atoms with Gasteiger partial charge in [-0.05, 0) is 40.5 Å². The lowest BCUT2D eigenvalue weighted by atomic mass is 10.2. The van der Waals surface area contributed by atoms with Crippen LogP contribution in [0.25, 0.3) is 0 Å². The lowest BCUT2D eigenvalue weighted by molar-refractivity contribution is -0.384. The van der Waals surface area contributed by atoms with Crippen LogP contribution >= 0.6 is 15.9 Å². The van der Waals surface area contributed by atoms with E-state index in [1.165, 1.54) is 12.1 Å². The summed E-state index contributed by atoms with van der Waals surface area (Å²) in [6.07, 6.45) is 0. The van der Waals surface area contributed by atoms with Crippen molar-refractivity contribution >= 4 is 27.3 Å². The normalized spacial score (nSPS) is 10.2. The Morgan fingerprint density at radius 2 is 2.00 bits per heavy atom. The van der Waals surface area contributed by atoms with Gasteiger partial charge in [-0.1, -0.05) is 6.07 Å². The molecule has 2 aromatic carbocycles. The summed E-state index contributed by atoms with van der Waals surface area (Å²) in [5.74, 6) is 0.904. The maximum atomic E-state index is 10.8. The molecule has 0 aliphatic rings. The summed E-state index contributed by atoms with van der Waals surface area (Å²) in [5, 5.41) is 10.8. The number of halogens is 1. The van der Waals surface area contributed by atoms with Gasteiger partial charge in [0.15, 0.2) is 0 Å². The Kier molecular flexibility index (Phi) is 3.71. The van der Waals surface area contributed by atoms with Gasteiger partial charge in [-0.2, -0.15) is 0 Å². The number of nitro groups is 1. The molecule has 0 spiro atoms. The van der Waals surface area contributed by atoms with Gasteiger partial charge in [0, 0.05) is 17.8 Å². The Bertz CT molecular complexity index is 644. The first-order chi connectivity index (χ1) is 8.95. The Morgan fingerprint density at radius 1 is 1.26 bits per heavy atom. The van der Waals surface area contributed by atoms with Crippen LogP contribution < -0.4 is 10.5 Å². The number of benzene rings is 2. The molecular weight excluding hydrogens is 312 g/mol. The highest BCUT2D eigenvalue weighted by Gasteiger charge is 2.11. The zero-order chi connectivity index (χ0) is 14.0. The highest BCUT2D eigenvalue weighted by Crippen LogP contribution is 2.33. The molecule has 5 nitrogen and oxygen atoms in total. The van der Waals surface area contributed by atoms with E-state index in [9.17, 15) is 10.1 Å². The smallest absolute Gasteiger partial charge is 0.275 e. The summed E-state index contributed by atoms with van der Waals surface area (Å²) in [5.41, 5.74) is 6.88. The van der Waals surface area contributed by atoms with Crippen molar-refractivity contribution in [3.05, 3.63) is 56.5 Å². The first-order valence-electron chi connectivity index (χ1n) is 5.44. The second-order valence-corrected chi connectivity index (χ2v) is 4.91. The van der Waals surface area contributed by atoms with Gasteiger partial charge < -0.3 is 10.5 Å². The minimum atomic E-state index is -0.507. The third kappa shape index (κ3) is 3.23. The quantitative estimate of drug-likeness (QED) is 0.525. The molecule has 6 heteroatoms. The number of rotatable bonds is 3. The predicted molar refractivity (Wildman–Crippen MR) is 76.5 cm³/mol. The molecule has 19 heavy (non-hydrogen) atoms. The van der Waals surface area contributed by atoms with E-state index in [1.54, 1.807) is 12.1 Å². The van der Waals surface area contributed by atoms with E-state index < -0.39 is 4.92 Å². The first kappa shape index (κ1) is 13.4. The van der Waals surface area contributed by atoms with Crippen LogP contribution in [0.2, 0.25) is 0 Å². The van der Waals surface area contributed by atoms with Crippen molar-refractivity contribution in [2.24, 2.45) is 0 Å². The number of nitrogen functional groups attached to an aromatic ring is 1. The van der Waals surface area contributed by atoms with Crippen molar-refractivity contribution in [3.63, 3.8) is 0 Å². The molecule has 0 aliphatic carbocycles. The van der Waals surface area contributed by atoms with E-state index in [1.807, 2.05) is 19.1 Å². The number of hydrogen-bond donors (Lipinski definition) is 1. The molecule has 0 aromatic heterocycles. The van der Waals surface area contributed by atoms with Crippen LogP contribution in [0.4, 0.5) is 11.4 Å². The highest BCUT2D eigenvalue weighted by molar-refractivity contribution is 9.10. The van der Waals surface area contributed by atoms with E-state index in [0.29, 0.717) is 11.5 Å². The van der Waals surface area contributed by atoms with E-state index >= 15 is 0 Å². The number of nitrogens with zero attached hydrogens (tertiary/aromatic N) is 1. The lowest BCUT2D eigenvalue weighted by Gasteiger charge is -2.09. The van der Waals surface area contributed by atoms with Gasteiger partial charge in [-0.3, -0.25) is 10.1 Å². The van der Waals surface area contributed by atoms with Gasteiger partial charge in [0.25, 0.3) is 5.69 Å². The van der Waals surface area contributed by atoms with Gasteiger partial charge in [0.2, 0.25) is 0 Å². The monoisotopic (exact) mass is 322 g/mol. The topological polar surface area (TPSA) is 78.4 Å². The largest absolute Gasteiger partial charge is 0.456 e. The average molecular weight is 323 g/mol. The molecular formula is C13H11BrN2O3. The summed E-state index contributed by atoms with van der Waals surface area (Å²) in [6, 6.07) is 9.74. The number of anilines is 1. The van der Waals surface area contributed by atoms with Gasteiger partial charge in [-0.25, -0.2) is 0 Å². The van der Waals surface area contributed by atoms with Crippen LogP contribution in [0.1, 0.15) is 5.56 Å². The summed E-state index contributed by atoms with van der Waals surface area (Å²) >= 11 is 3.38. The van der Waals surface area contributed by atoms with E-state index in [-0.39, 0.29) is 11.4 Å². The van der Waals surface area contributed by atoms with Gasteiger partial charge in [0.05, 0.1) is 15.5 Å². The van der Waals surface area contributed by atoms with Crippen molar-refractivity contribution in [2.45, 2.75) is 6.92 Å². The summed E-state index contributed by atoms with van der Waals surface area (Å²) in [6.45, 7) is 1.96. The first-order valence-corrected chi connectivity index (χ1v) is 6.24. The number of ether oxygens (including phenoxy) is 1. The van der Waals surface area contributed by atoms with Crippen molar-refractivity contribution in [3.8, 4) is 11.5 Å². The number of aryl methyl sites for hydroxylation is 1. The zero-order valence-corrected chi connectivity index (χ0v) is 11.7. The SMILES string of the molecule is Cc1ccc(Oc2cc(N)cc([N+](=O)[O-])c2)c(Br)c1. The summed E-state index contributed by atoms with van der Waals surface area (Å²) in [4.78, 5) is 10.2. The maximum absolute atomic E-state index is 10.8. The fourth-order valence-electron chi connectivity index (χ4n) is 1.59. The van der Waals surface area contributed by atoms with Crippen LogP contribution in [0.5, 0.6) is 11.5 Å². The number of nitrogens with two attached hydrogens (primary N) is 1. The van der Waals surface area contributed by atoms with Crippen LogP contribution in [-0.2, 0) is 0 Å². The number of hydrogen-bond acceptors (Lipinski definition) is 4. The molecule has 0 fully saturated rings. The average Bonchev–Trinajstić information content (AvgIpc) is 2.32. The molecule has 0 radical (unpaired) electrons. The fourth-order valence-corrected chi connectivity index (χ4v) is 2.16. The predicted octanol–water partition coefficient (Wildman–Crippen LogP) is 4.04. The van der Waals surface area contributed by atoms with Gasteiger partial charge in [0.1, 0.15) is 11.5 Å². The van der Waals surface area contributed by atoms with Crippen molar-refractivity contribution < 1.29 is 9.66 Å². The fraction of sp³-hybridized carbons (Fsp3) is 0.0769. The Labute approximate surface area is 118 Å². The summed E-state index contributed by atoms with van der Waals surface area (Å²) in [7, 11) is 0. The molecule has 0 saturated heterocycles. The van der Waals surface area contributed by atoms with Crippen LogP contribution in [0.3, 0.4) is 0 Å². The van der Waals surface area contributed by atoms with E-state index in [4.69, 9.17) is 10.5 Å². The van der Waals surface area contributed by atoms with E-state index in [2.05, 4.69) is 15.9 Å². The standard InChI is InChI=1S/C13H11BrN2O3/c1-8-2-3-13(12(14)4-8)19-11-6-9(15)5-10(7-11)16(17)18/h2-7H,15H2,1H3. The zero-order valence-electron chi connectivity index (χ0n) is 10.1. The van der Waals surface area contributed by atoms with Crippen LogP contribution in [0.15, 0.2) is 40.9 Å². The second kappa shape index (κ2) is 5.27. The Morgan fingerprint density at radius 3 is 2.63 bits per heavy atom. The Balaban J connectivity index is 2.35. The molecule has 2 rings (SSSR count). The van der Waals surface area contributed by atoms with Crippen molar-refractivity contribution in [1.29, 1.82) is 0 Å². The third-order valence-corrected chi connectivity index (χ3v) is 3.06. The van der Waals surface area contributed by atoms with Crippen LogP contribution in [-0.4, -0.2) is 4.92 Å². The number of nitro benzene ring substituents is 1. The Hall–Kier alpha value is -2.08. The van der Waals surface area contributed by atoms with Crippen LogP contribution in [0, 0.1) is 17.0 Å². The molecule has 0 bridgehead atoms. The van der Waals surface area contributed by atoms with Crippen molar-refractivity contribution in [2.75, 3.05) is 5.73 Å². The molecule has 0 unspecified atom stereocenters. The number of non-ortho nitro benzene ring substituents is 1. The molecule has 0 saturated carbocycles. The second-order valence-electron chi connectivity index (χ2n) is 4.05. The molecule has 0 amide bonds. The van der Waals surface area contributed by atoms with Crippen molar-refractivity contribution in [1.82, 2.24) is 0 Å². The molecule has 2 aromatic rings. The molecule has 0 atom stereocenters. The highest BCUT2D eigenvalue weighted by atomic mass is 79.9. The molecule has 98 valence electrons. The minimum absolute atomic E-state index is 0.0989. The molecule has 0 aliphatic heterocycles. The lowest BCUT2D eigenvalue weighted by Crippen LogP contribution is -1.94.